The Morgan fingerprint density at radius 2 is 0.840 bits per heavy atom. The molecular weight excluding hydrogens is 1510 g/mol. The Kier molecular flexibility index (Phi) is 31.7. The number of H-pyrrole nitrogens is 1. The quantitative estimate of drug-likeness (QED) is 0.0270. The largest absolute Gasteiger partial charge is 1.00 e. The zero-order valence-corrected chi connectivity index (χ0v) is 70.0. The number of carboxylic acid groups (broad SMARTS) is 1. The molecule has 12 aromatic rings. The van der Waals surface area contributed by atoms with Crippen molar-refractivity contribution in [3.63, 3.8) is 0 Å². The van der Waals surface area contributed by atoms with Crippen molar-refractivity contribution in [2.45, 2.75) is 100 Å². The van der Waals surface area contributed by atoms with Crippen LogP contribution in [-0.2, 0) is 94.0 Å². The molecular formula is C72H82Cl3IK2N10O12. The number of fused-ring (bicyclic) bond motifs is 6. The summed E-state index contributed by atoms with van der Waals surface area (Å²) in [7, 11) is 15.5. The minimum absolute atomic E-state index is 0. The average Bonchev–Trinajstić information content (AvgIpc) is 1.62. The summed E-state index contributed by atoms with van der Waals surface area (Å²) in [6.45, 7) is 14.9. The zero-order valence-electron chi connectivity index (χ0n) is 60.3. The Morgan fingerprint density at radius 1 is 0.520 bits per heavy atom. The van der Waals surface area contributed by atoms with Gasteiger partial charge in [0.05, 0.1) is 132 Å². The normalized spacial score (nSPS) is 10.9. The van der Waals surface area contributed by atoms with E-state index in [4.69, 9.17) is 54.7 Å². The molecule has 0 radical (unpaired) electrons. The number of methoxy groups -OCH3 is 2. The van der Waals surface area contributed by atoms with Crippen LogP contribution in [-0.4, -0.2) is 111 Å². The fourth-order valence-electron chi connectivity index (χ4n) is 12.5. The summed E-state index contributed by atoms with van der Waals surface area (Å²) in [4.78, 5) is 85.7. The fraction of sp³-hybridized carbons (Fsp3) is 0.319. The molecule has 0 amide bonds. The van der Waals surface area contributed by atoms with Gasteiger partial charge < -0.3 is 73.3 Å². The molecule has 0 saturated heterocycles. The first-order valence-electron chi connectivity index (χ1n) is 31.1. The van der Waals surface area contributed by atoms with Crippen LogP contribution in [0.4, 0.5) is 0 Å². The molecule has 6 heterocycles. The van der Waals surface area contributed by atoms with E-state index in [1.54, 1.807) is 13.7 Å². The average molecular weight is 1590 g/mol. The van der Waals surface area contributed by atoms with Crippen LogP contribution in [0.15, 0.2) is 124 Å². The van der Waals surface area contributed by atoms with E-state index >= 15 is 0 Å². The van der Waals surface area contributed by atoms with E-state index in [1.165, 1.54) is 51.1 Å². The third-order valence-electron chi connectivity index (χ3n) is 17.9. The van der Waals surface area contributed by atoms with Gasteiger partial charge in [-0.2, -0.15) is 0 Å². The van der Waals surface area contributed by atoms with Crippen LogP contribution in [0.1, 0.15) is 71.2 Å². The Labute approximate surface area is 697 Å². The van der Waals surface area contributed by atoms with Gasteiger partial charge in [-0.05, 0) is 130 Å². The van der Waals surface area contributed by atoms with Gasteiger partial charge in [-0.15, -0.1) is 0 Å². The van der Waals surface area contributed by atoms with E-state index in [9.17, 15) is 28.8 Å². The van der Waals surface area contributed by atoms with Crippen molar-refractivity contribution in [2.75, 3.05) is 35.4 Å². The maximum Gasteiger partial charge on any atom is 1.00 e. The molecule has 6 aromatic heterocycles. The molecule has 0 aliphatic carbocycles. The van der Waals surface area contributed by atoms with Crippen molar-refractivity contribution in [1.29, 1.82) is 0 Å². The number of aromatic amines is 1. The minimum Gasteiger partial charge on any atom is -1.00 e. The van der Waals surface area contributed by atoms with E-state index in [-0.39, 0.29) is 196 Å². The number of hydrogen-bond donors (Lipinski definition) is 2. The Hall–Kier alpha value is -5.58. The van der Waals surface area contributed by atoms with Gasteiger partial charge in [0.2, 0.25) is 0 Å². The smallest absolute Gasteiger partial charge is 1.00 e. The molecule has 0 unspecified atom stereocenters. The van der Waals surface area contributed by atoms with Gasteiger partial charge in [-0.3, -0.25) is 42.0 Å². The summed E-state index contributed by atoms with van der Waals surface area (Å²) < 4.78 is 24.9. The molecule has 0 atom stereocenters. The number of hydrogen-bond acceptors (Lipinski definition) is 11. The van der Waals surface area contributed by atoms with Gasteiger partial charge in [-0.1, -0.05) is 83.3 Å². The maximum absolute atomic E-state index is 13.3. The van der Waals surface area contributed by atoms with Crippen LogP contribution < -0.4 is 149 Å². The monoisotopic (exact) mass is 1590 g/mol. The van der Waals surface area contributed by atoms with Gasteiger partial charge in [-0.25, -0.2) is 14.4 Å². The number of carboxylic acids is 1. The standard InChI is InChI=1S/C23H24ClN3O3.C22H22ClN3O3.C15H22ClN2.C11H12N2O3.CH2O3.HI.2K.H/c1-14-15(2)25(3)22-16(9-10-17(24)21(14)22)13-27-19-8-6-5-7-18(19)26(23(27)29)12-11-20(28)30-4;1-13-14(2)24(3)21-15(8-9-16(23)20(13)21)12-26-18-7-5-4-6-17(18)25(22(26)29)11-10-19(27)28;1-10-11(2)17(3)15-12(9-18(4,5)6)7-8-13(16)14(10)15;1-16-10(14)6-7-13-9-5-3-2-4-8(9)12-11(13)15;2-1-4-3;;;;/h5-10H,11-13H2,1-4H3;4-9H,10-12H2,1-3H3,(H,27,28);7-8H,9H2,1-6H3;2-5H,6-7H2,1H3,(H,12,15);1,3H;1H;;;/q;;+1;;;;2*+1;-1/p-2. The second kappa shape index (κ2) is 37.2. The number of nitrogens with zero attached hydrogens (tertiary/aromatic N) is 9. The molecule has 6 aromatic carbocycles. The number of rotatable bonds is 16. The Bertz CT molecular complexity index is 5170. The van der Waals surface area contributed by atoms with Gasteiger partial charge >= 0.3 is 138 Å². The Morgan fingerprint density at radius 3 is 1.19 bits per heavy atom. The SMILES string of the molecule is COC(=O)CCn1c(=O)[nH]c2ccccc21.COC(=O)CCn1c(=O)n(Cc2ccc(Cl)c3c(C)c(C)n(C)c23)c2ccccc21.Cc1c(C)n(C)c2c(C[N+](C)(C)C)ccc(Cl)c12.Cc1c(C)n(C)c2c(Cn3c(=O)n(CCC(=O)O)c4ccccc43)ccc(Cl)c12.O=CO[O-].[H-].[I-].[K+].[K+]. The Balaban J connectivity index is 0.000000285. The van der Waals surface area contributed by atoms with Crippen LogP contribution in [0.2, 0.25) is 15.1 Å². The molecule has 0 aliphatic heterocycles. The predicted octanol–water partition coefficient (Wildman–Crippen LogP) is 2.37. The van der Waals surface area contributed by atoms with Crippen LogP contribution in [0.5, 0.6) is 0 Å². The van der Waals surface area contributed by atoms with Gasteiger partial charge in [0, 0.05) is 79.6 Å². The van der Waals surface area contributed by atoms with Crippen LogP contribution in [0, 0.1) is 41.5 Å². The van der Waals surface area contributed by atoms with Crippen LogP contribution in [0.25, 0.3) is 65.8 Å². The number of aliphatic carboxylic acids is 1. The topological polar surface area (TPSA) is 246 Å². The second-order valence-corrected chi connectivity index (χ2v) is 25.9. The van der Waals surface area contributed by atoms with Crippen LogP contribution in [0.3, 0.4) is 0 Å². The summed E-state index contributed by atoms with van der Waals surface area (Å²) in [6.07, 6.45) is 0.235. The van der Waals surface area contributed by atoms with Crippen molar-refractivity contribution in [3.05, 3.63) is 206 Å². The van der Waals surface area contributed by atoms with E-state index in [1.807, 2.05) is 117 Å². The maximum atomic E-state index is 13.3. The number of aromatic nitrogens is 9. The number of nitrogens with one attached hydrogen (secondary N) is 1. The summed E-state index contributed by atoms with van der Waals surface area (Å²) in [5.41, 5.74) is 18.0. The molecule has 0 saturated carbocycles. The number of carbonyl (C=O) groups is 4. The van der Waals surface area contributed by atoms with Gasteiger partial charge in [0.25, 0.3) is 6.47 Å². The first kappa shape index (κ1) is 85.1. The summed E-state index contributed by atoms with van der Waals surface area (Å²) in [5, 5.41) is 23.0. The van der Waals surface area contributed by atoms with Crippen molar-refractivity contribution < 1.29 is 177 Å². The molecule has 522 valence electrons. The molecule has 12 rings (SSSR count). The third kappa shape index (κ3) is 18.7. The van der Waals surface area contributed by atoms with E-state index in [0.29, 0.717) is 29.7 Å². The number of aryl methyl sites for hydroxylation is 9. The first-order chi connectivity index (χ1) is 46.0. The molecule has 0 bridgehead atoms. The van der Waals surface area contributed by atoms with Crippen molar-refractivity contribution in [1.82, 2.24) is 41.5 Å². The molecule has 22 nitrogen and oxygen atoms in total. The van der Waals surface area contributed by atoms with E-state index in [0.717, 1.165) is 105 Å². The summed E-state index contributed by atoms with van der Waals surface area (Å²) in [6, 6.07) is 34.4. The number of halogens is 4. The first-order valence-corrected chi connectivity index (χ1v) is 32.3. The molecule has 2 N–H and O–H groups in total. The van der Waals surface area contributed by atoms with Crippen molar-refractivity contribution >= 4 is 125 Å². The number of imidazole rings is 3. The van der Waals surface area contributed by atoms with E-state index < -0.39 is 5.97 Å². The number of carbonyl (C=O) groups excluding carboxylic acids is 3. The minimum atomic E-state index is -0.928. The number of esters is 2. The molecule has 0 spiro atoms. The molecule has 100 heavy (non-hydrogen) atoms. The predicted molar refractivity (Wildman–Crippen MR) is 381 cm³/mol. The third-order valence-corrected chi connectivity index (χ3v) is 18.8. The second-order valence-electron chi connectivity index (χ2n) is 24.7. The van der Waals surface area contributed by atoms with Crippen molar-refractivity contribution in [3.8, 4) is 0 Å². The van der Waals surface area contributed by atoms with Crippen molar-refractivity contribution in [2.24, 2.45) is 21.1 Å². The number of ether oxygens (including phenoxy) is 2. The van der Waals surface area contributed by atoms with Gasteiger partial charge in [0.15, 0.2) is 0 Å². The fourth-order valence-corrected chi connectivity index (χ4v) is 13.4. The van der Waals surface area contributed by atoms with Crippen LogP contribution >= 0.6 is 34.8 Å². The zero-order chi connectivity index (χ0) is 71.1. The molecule has 0 aliphatic rings. The molecule has 0 fully saturated rings. The number of quaternary nitrogens is 1. The number of benzene rings is 6. The number of para-hydroxylation sites is 6. The van der Waals surface area contributed by atoms with Gasteiger partial charge in [0.1, 0.15) is 6.54 Å². The summed E-state index contributed by atoms with van der Waals surface area (Å²) in [5.74, 6) is -1.59. The van der Waals surface area contributed by atoms with E-state index in [2.05, 4.69) is 104 Å². The molecule has 28 heteroatoms. The summed E-state index contributed by atoms with van der Waals surface area (Å²) >= 11 is 19.4.